The molecule has 1 unspecified atom stereocenters. The van der Waals surface area contributed by atoms with Crippen LogP contribution in [0.5, 0.6) is 0 Å². The van der Waals surface area contributed by atoms with Crippen LogP contribution in [-0.2, 0) is 21.2 Å². The molecule has 0 bridgehead atoms. The Balaban J connectivity index is 1.84. The van der Waals surface area contributed by atoms with Gasteiger partial charge < -0.3 is 10.6 Å². The van der Waals surface area contributed by atoms with Crippen molar-refractivity contribution >= 4 is 15.7 Å². The van der Waals surface area contributed by atoms with Crippen LogP contribution in [0.1, 0.15) is 24.1 Å². The van der Waals surface area contributed by atoms with Crippen LogP contribution >= 0.6 is 0 Å². The number of halogens is 1. The molecule has 134 valence electrons. The molecule has 0 aliphatic rings. The molecule has 2 rings (SSSR count). The lowest BCUT2D eigenvalue weighted by atomic mass is 10.1. The SMILES string of the molecule is CC(NCC(=O)NCc1ccccc1F)c1ccc(S(C)(=O)=O)cc1. The third-order valence-corrected chi connectivity index (χ3v) is 4.94. The Morgan fingerprint density at radius 3 is 2.36 bits per heavy atom. The molecule has 2 N–H and O–H groups in total. The molecule has 0 spiro atoms. The largest absolute Gasteiger partial charge is 0.351 e. The predicted molar refractivity (Wildman–Crippen MR) is 94.2 cm³/mol. The van der Waals surface area contributed by atoms with E-state index >= 15 is 0 Å². The van der Waals surface area contributed by atoms with Gasteiger partial charge in [0.25, 0.3) is 0 Å². The summed E-state index contributed by atoms with van der Waals surface area (Å²) in [5, 5.41) is 5.71. The summed E-state index contributed by atoms with van der Waals surface area (Å²) in [5.41, 5.74) is 1.30. The molecule has 1 amide bonds. The maximum absolute atomic E-state index is 13.5. The summed E-state index contributed by atoms with van der Waals surface area (Å²) < 4.78 is 36.4. The fourth-order valence-electron chi connectivity index (χ4n) is 2.27. The van der Waals surface area contributed by atoms with Crippen molar-refractivity contribution in [2.24, 2.45) is 0 Å². The molecule has 0 saturated carbocycles. The van der Waals surface area contributed by atoms with E-state index < -0.39 is 9.84 Å². The molecule has 0 saturated heterocycles. The number of sulfone groups is 1. The number of rotatable bonds is 7. The van der Waals surface area contributed by atoms with Gasteiger partial charge in [-0.1, -0.05) is 30.3 Å². The van der Waals surface area contributed by atoms with E-state index in [0.29, 0.717) is 5.56 Å². The van der Waals surface area contributed by atoms with Crippen LogP contribution < -0.4 is 10.6 Å². The van der Waals surface area contributed by atoms with Gasteiger partial charge in [-0.15, -0.1) is 0 Å². The first-order valence-electron chi connectivity index (χ1n) is 7.81. The molecule has 7 heteroatoms. The summed E-state index contributed by atoms with van der Waals surface area (Å²) in [4.78, 5) is 12.1. The number of amides is 1. The van der Waals surface area contributed by atoms with Gasteiger partial charge in [0.1, 0.15) is 5.82 Å². The van der Waals surface area contributed by atoms with Gasteiger partial charge in [0.15, 0.2) is 9.84 Å². The monoisotopic (exact) mass is 364 g/mol. The number of nitrogens with one attached hydrogen (secondary N) is 2. The molecule has 2 aromatic carbocycles. The number of carbonyl (C=O) groups is 1. The third-order valence-electron chi connectivity index (χ3n) is 3.81. The van der Waals surface area contributed by atoms with Crippen molar-refractivity contribution in [1.82, 2.24) is 10.6 Å². The van der Waals surface area contributed by atoms with Gasteiger partial charge in [-0.3, -0.25) is 4.79 Å². The van der Waals surface area contributed by atoms with E-state index in [9.17, 15) is 17.6 Å². The molecule has 0 radical (unpaired) electrons. The van der Waals surface area contributed by atoms with Gasteiger partial charge in [0.05, 0.1) is 11.4 Å². The van der Waals surface area contributed by atoms with E-state index in [1.165, 1.54) is 6.07 Å². The molecule has 0 heterocycles. The van der Waals surface area contributed by atoms with E-state index in [1.807, 2.05) is 6.92 Å². The lowest BCUT2D eigenvalue weighted by Gasteiger charge is -2.14. The van der Waals surface area contributed by atoms with Crippen molar-refractivity contribution in [3.8, 4) is 0 Å². The first kappa shape index (κ1) is 19.1. The smallest absolute Gasteiger partial charge is 0.234 e. The summed E-state index contributed by atoms with van der Waals surface area (Å²) in [6, 6.07) is 12.7. The van der Waals surface area contributed by atoms with Crippen molar-refractivity contribution in [3.05, 3.63) is 65.5 Å². The Bertz CT molecular complexity index is 836. The second kappa shape index (κ2) is 8.22. The van der Waals surface area contributed by atoms with E-state index in [0.717, 1.165) is 11.8 Å². The Morgan fingerprint density at radius 2 is 1.76 bits per heavy atom. The van der Waals surface area contributed by atoms with E-state index in [1.54, 1.807) is 42.5 Å². The Kier molecular flexibility index (Phi) is 6.27. The number of hydrogen-bond acceptors (Lipinski definition) is 4. The lowest BCUT2D eigenvalue weighted by Crippen LogP contribution is -2.34. The maximum atomic E-state index is 13.5. The zero-order chi connectivity index (χ0) is 18.4. The molecule has 0 aromatic heterocycles. The maximum Gasteiger partial charge on any atom is 0.234 e. The van der Waals surface area contributed by atoms with E-state index in [-0.39, 0.29) is 35.8 Å². The van der Waals surface area contributed by atoms with Crippen LogP contribution in [0.3, 0.4) is 0 Å². The normalized spacial score (nSPS) is 12.6. The quantitative estimate of drug-likeness (QED) is 0.790. The van der Waals surface area contributed by atoms with Crippen molar-refractivity contribution in [3.63, 3.8) is 0 Å². The highest BCUT2D eigenvalue weighted by Gasteiger charge is 2.11. The van der Waals surface area contributed by atoms with E-state index in [2.05, 4.69) is 10.6 Å². The second-order valence-electron chi connectivity index (χ2n) is 5.81. The predicted octanol–water partition coefficient (Wildman–Crippen LogP) is 2.20. The summed E-state index contributed by atoms with van der Waals surface area (Å²) in [5.74, 6) is -0.599. The Hall–Kier alpha value is -2.25. The van der Waals surface area contributed by atoms with Crippen LogP contribution in [0.4, 0.5) is 4.39 Å². The standard InChI is InChI=1S/C18H21FN2O3S/c1-13(14-7-9-16(10-8-14)25(2,23)24)20-12-18(22)21-11-15-5-3-4-6-17(15)19/h3-10,13,20H,11-12H2,1-2H3,(H,21,22). The Morgan fingerprint density at radius 1 is 1.12 bits per heavy atom. The molecule has 5 nitrogen and oxygen atoms in total. The average molecular weight is 364 g/mol. The van der Waals surface area contributed by atoms with Gasteiger partial charge in [-0.2, -0.15) is 0 Å². The first-order chi connectivity index (χ1) is 11.8. The van der Waals surface area contributed by atoms with Crippen LogP contribution in [0.25, 0.3) is 0 Å². The van der Waals surface area contributed by atoms with Gasteiger partial charge in [0.2, 0.25) is 5.91 Å². The molecule has 0 aliphatic heterocycles. The minimum Gasteiger partial charge on any atom is -0.351 e. The minimum absolute atomic E-state index is 0.0729. The second-order valence-corrected chi connectivity index (χ2v) is 7.83. The number of carbonyl (C=O) groups excluding carboxylic acids is 1. The highest BCUT2D eigenvalue weighted by molar-refractivity contribution is 7.90. The summed E-state index contributed by atoms with van der Waals surface area (Å²) >= 11 is 0. The highest BCUT2D eigenvalue weighted by atomic mass is 32.2. The highest BCUT2D eigenvalue weighted by Crippen LogP contribution is 2.16. The zero-order valence-electron chi connectivity index (χ0n) is 14.1. The van der Waals surface area contributed by atoms with Crippen molar-refractivity contribution in [2.45, 2.75) is 24.4 Å². The molecule has 25 heavy (non-hydrogen) atoms. The fourth-order valence-corrected chi connectivity index (χ4v) is 2.90. The lowest BCUT2D eigenvalue weighted by molar-refractivity contribution is -0.120. The number of benzene rings is 2. The van der Waals surface area contributed by atoms with Gasteiger partial charge in [-0.05, 0) is 30.7 Å². The van der Waals surface area contributed by atoms with Crippen LogP contribution in [0.2, 0.25) is 0 Å². The Labute approximate surface area is 147 Å². The third kappa shape index (κ3) is 5.65. The van der Waals surface area contributed by atoms with Crippen LogP contribution in [0.15, 0.2) is 53.4 Å². The molecular formula is C18H21FN2O3S. The van der Waals surface area contributed by atoms with Gasteiger partial charge in [-0.25, -0.2) is 12.8 Å². The average Bonchev–Trinajstić information content (AvgIpc) is 2.58. The summed E-state index contributed by atoms with van der Waals surface area (Å²) in [7, 11) is -3.22. The topological polar surface area (TPSA) is 75.3 Å². The first-order valence-corrected chi connectivity index (χ1v) is 9.70. The number of hydrogen-bond donors (Lipinski definition) is 2. The zero-order valence-corrected chi connectivity index (χ0v) is 14.9. The molecular weight excluding hydrogens is 343 g/mol. The fraction of sp³-hybridized carbons (Fsp3) is 0.278. The van der Waals surface area contributed by atoms with Gasteiger partial charge >= 0.3 is 0 Å². The van der Waals surface area contributed by atoms with E-state index in [4.69, 9.17) is 0 Å². The molecule has 1 atom stereocenters. The van der Waals surface area contributed by atoms with Crippen molar-refractivity contribution in [2.75, 3.05) is 12.8 Å². The van der Waals surface area contributed by atoms with Gasteiger partial charge in [0, 0.05) is 24.4 Å². The minimum atomic E-state index is -3.22. The molecule has 2 aromatic rings. The van der Waals surface area contributed by atoms with Crippen LogP contribution in [-0.4, -0.2) is 27.1 Å². The van der Waals surface area contributed by atoms with Crippen LogP contribution in [0, 0.1) is 5.82 Å². The molecule has 0 aliphatic carbocycles. The van der Waals surface area contributed by atoms with Crippen molar-refractivity contribution < 1.29 is 17.6 Å². The summed E-state index contributed by atoms with van der Waals surface area (Å²) in [6.45, 7) is 2.08. The molecule has 0 fully saturated rings. The van der Waals surface area contributed by atoms with Crippen molar-refractivity contribution in [1.29, 1.82) is 0 Å². The summed E-state index contributed by atoms with van der Waals surface area (Å²) in [6.07, 6.45) is 1.16.